The number of rotatable bonds is 9. The van der Waals surface area contributed by atoms with E-state index in [1.807, 2.05) is 10.8 Å². The average molecular weight is 514 g/mol. The van der Waals surface area contributed by atoms with Crippen LogP contribution in [0.25, 0.3) is 11.1 Å². The lowest BCUT2D eigenvalue weighted by Crippen LogP contribution is -2.49. The van der Waals surface area contributed by atoms with Crippen molar-refractivity contribution in [2.24, 2.45) is 0 Å². The maximum absolute atomic E-state index is 13.9. The third-order valence-electron chi connectivity index (χ3n) is 5.93. The second-order valence-electron chi connectivity index (χ2n) is 8.27. The largest absolute Gasteiger partial charge is 0.495 e. The molecule has 0 fully saturated rings. The number of pyridine rings is 1. The number of aliphatic hydroxyl groups is 2. The summed E-state index contributed by atoms with van der Waals surface area (Å²) < 4.78 is 21.1. The van der Waals surface area contributed by atoms with Crippen molar-refractivity contribution in [3.8, 4) is 11.1 Å². The van der Waals surface area contributed by atoms with Crippen LogP contribution in [0.3, 0.4) is 0 Å². The number of methoxy groups -OCH3 is 1. The van der Waals surface area contributed by atoms with E-state index in [1.54, 1.807) is 24.1 Å². The molecule has 36 heavy (non-hydrogen) atoms. The number of carbonyl (C=O) groups is 1. The average Bonchev–Trinajstić information content (AvgIpc) is 3.27. The van der Waals surface area contributed by atoms with Crippen molar-refractivity contribution in [3.05, 3.63) is 82.3 Å². The molecule has 0 saturated heterocycles. The molecule has 188 valence electrons. The number of carbonyl (C=O) groups excluding carboxylic acids is 1. The van der Waals surface area contributed by atoms with Crippen LogP contribution in [-0.2, 0) is 24.4 Å². The molecular weight excluding hydrogens is 489 g/mol. The van der Waals surface area contributed by atoms with Gasteiger partial charge in [-0.3, -0.25) is 4.79 Å². The van der Waals surface area contributed by atoms with Gasteiger partial charge in [-0.2, -0.15) is 0 Å². The van der Waals surface area contributed by atoms with Crippen LogP contribution in [0, 0.1) is 11.2 Å². The maximum Gasteiger partial charge on any atom is 0.271 e. The van der Waals surface area contributed by atoms with E-state index >= 15 is 0 Å². The van der Waals surface area contributed by atoms with Crippen LogP contribution in [0.4, 0.5) is 10.2 Å². The second kappa shape index (κ2) is 10.9. The van der Waals surface area contributed by atoms with Crippen molar-refractivity contribution in [2.75, 3.05) is 19.0 Å². The summed E-state index contributed by atoms with van der Waals surface area (Å²) in [6.07, 6.45) is 5.34. The fourth-order valence-electron chi connectivity index (χ4n) is 4.22. The molecule has 4 rings (SSSR count). The zero-order valence-corrected chi connectivity index (χ0v) is 20.2. The molecule has 0 spiro atoms. The summed E-state index contributed by atoms with van der Waals surface area (Å²) >= 11 is 6.40. The molecule has 1 atom stereocenters. The van der Waals surface area contributed by atoms with Gasteiger partial charge < -0.3 is 35.1 Å². The van der Waals surface area contributed by atoms with Gasteiger partial charge in [0.2, 0.25) is 0 Å². The zero-order valence-electron chi connectivity index (χ0n) is 19.4. The normalized spacial score (nSPS) is 15.7. The number of benzene rings is 1. The Labute approximate surface area is 211 Å². The van der Waals surface area contributed by atoms with Gasteiger partial charge >= 0.3 is 0 Å². The van der Waals surface area contributed by atoms with E-state index in [-0.39, 0.29) is 37.6 Å². The molecule has 1 aliphatic rings. The van der Waals surface area contributed by atoms with E-state index in [2.05, 4.69) is 10.3 Å². The van der Waals surface area contributed by atoms with Gasteiger partial charge in [0, 0.05) is 56.0 Å². The van der Waals surface area contributed by atoms with Crippen LogP contribution >= 0.6 is 11.6 Å². The third kappa shape index (κ3) is 5.25. The van der Waals surface area contributed by atoms with Gasteiger partial charge in [0.15, 0.2) is 5.88 Å². The van der Waals surface area contributed by atoms with Crippen LogP contribution in [0.1, 0.15) is 21.6 Å². The molecule has 4 N–H and O–H groups in total. The number of nitrogens with one attached hydrogen (secondary N) is 2. The summed E-state index contributed by atoms with van der Waals surface area (Å²) in [5, 5.41) is 29.6. The molecule has 0 bridgehead atoms. The summed E-state index contributed by atoms with van der Waals surface area (Å²) in [6, 6.07) is 7.15. The molecule has 0 unspecified atom stereocenters. The van der Waals surface area contributed by atoms with Crippen molar-refractivity contribution in [1.29, 1.82) is 5.41 Å². The first-order valence-electron chi connectivity index (χ1n) is 11.1. The third-order valence-corrected chi connectivity index (χ3v) is 6.23. The highest BCUT2D eigenvalue weighted by atomic mass is 35.5. The van der Waals surface area contributed by atoms with Gasteiger partial charge in [0.25, 0.3) is 5.91 Å². The van der Waals surface area contributed by atoms with Gasteiger partial charge in [-0.05, 0) is 35.4 Å². The van der Waals surface area contributed by atoms with Crippen LogP contribution in [-0.4, -0.2) is 56.5 Å². The van der Waals surface area contributed by atoms with Crippen molar-refractivity contribution in [2.45, 2.75) is 25.7 Å². The molecule has 3 heterocycles. The summed E-state index contributed by atoms with van der Waals surface area (Å²) in [4.78, 5) is 19.3. The van der Waals surface area contributed by atoms with Crippen LogP contribution in [0.15, 0.2) is 54.7 Å². The minimum absolute atomic E-state index is 0.115. The summed E-state index contributed by atoms with van der Waals surface area (Å²) in [5.41, 5.74) is 2.76. The first-order valence-corrected chi connectivity index (χ1v) is 11.4. The zero-order chi connectivity index (χ0) is 25.8. The number of allylic oxidation sites excluding steroid dienone is 1. The van der Waals surface area contributed by atoms with E-state index in [4.69, 9.17) is 21.7 Å². The molecule has 0 radical (unpaired) electrons. The number of halogens is 2. The van der Waals surface area contributed by atoms with E-state index in [0.717, 1.165) is 12.3 Å². The predicted molar refractivity (Wildman–Crippen MR) is 134 cm³/mol. The van der Waals surface area contributed by atoms with Gasteiger partial charge in [-0.15, -0.1) is 0 Å². The van der Waals surface area contributed by atoms with Gasteiger partial charge in [-0.25, -0.2) is 9.37 Å². The Hall–Kier alpha value is -3.73. The van der Waals surface area contributed by atoms with E-state index in [0.29, 0.717) is 45.3 Å². The fraction of sp³-hybridized carbons (Fsp3) is 0.240. The van der Waals surface area contributed by atoms with E-state index in [9.17, 15) is 19.4 Å². The molecule has 0 aliphatic carbocycles. The number of aromatic nitrogens is 2. The predicted octanol–water partition coefficient (Wildman–Crippen LogP) is 3.97. The first-order chi connectivity index (χ1) is 17.3. The lowest BCUT2D eigenvalue weighted by molar-refractivity contribution is 0.0386. The summed E-state index contributed by atoms with van der Waals surface area (Å²) in [5.74, 6) is -0.659. The van der Waals surface area contributed by atoms with Crippen molar-refractivity contribution in [1.82, 2.24) is 14.5 Å². The number of aliphatic hydroxyl groups excluding tert-OH is 2. The molecule has 2 aromatic heterocycles. The summed E-state index contributed by atoms with van der Waals surface area (Å²) in [6.45, 7) is 0.554. The lowest BCUT2D eigenvalue weighted by atomic mass is 10.0. The monoisotopic (exact) mass is 513 g/mol. The highest BCUT2D eigenvalue weighted by molar-refractivity contribution is 6.33. The summed E-state index contributed by atoms with van der Waals surface area (Å²) in [7, 11) is 1.55. The van der Waals surface area contributed by atoms with Crippen molar-refractivity contribution < 1.29 is 24.1 Å². The van der Waals surface area contributed by atoms with Gasteiger partial charge in [-0.1, -0.05) is 17.7 Å². The SMILES string of the molecule is COC[C@H]1Cn2cc(-c3cc(N/C(O)=C/C=N)ncc3Cl)cc2C(=O)N1Cc1cc(F)ccc1CO. The molecular formula is C25H25ClFN5O4. The Morgan fingerprint density at radius 3 is 2.89 bits per heavy atom. The number of fused-ring (bicyclic) bond motifs is 1. The molecule has 9 nitrogen and oxygen atoms in total. The Morgan fingerprint density at radius 1 is 1.36 bits per heavy atom. The van der Waals surface area contributed by atoms with E-state index < -0.39 is 5.82 Å². The Balaban J connectivity index is 1.68. The number of hydrogen-bond donors (Lipinski definition) is 4. The van der Waals surface area contributed by atoms with Crippen LogP contribution in [0.2, 0.25) is 5.02 Å². The number of nitrogens with zero attached hydrogens (tertiary/aromatic N) is 3. The molecule has 1 amide bonds. The van der Waals surface area contributed by atoms with Crippen LogP contribution < -0.4 is 5.32 Å². The van der Waals surface area contributed by atoms with Gasteiger partial charge in [0.1, 0.15) is 17.3 Å². The number of ether oxygens (including phenoxy) is 1. The minimum Gasteiger partial charge on any atom is -0.495 e. The second-order valence-corrected chi connectivity index (χ2v) is 8.68. The Kier molecular flexibility index (Phi) is 7.68. The van der Waals surface area contributed by atoms with Crippen molar-refractivity contribution in [3.63, 3.8) is 0 Å². The molecule has 0 saturated carbocycles. The molecule has 3 aromatic rings. The smallest absolute Gasteiger partial charge is 0.271 e. The van der Waals surface area contributed by atoms with Crippen molar-refractivity contribution >= 4 is 29.5 Å². The molecule has 1 aromatic carbocycles. The quantitative estimate of drug-likeness (QED) is 0.253. The Morgan fingerprint density at radius 2 is 2.17 bits per heavy atom. The lowest BCUT2D eigenvalue weighted by Gasteiger charge is -2.36. The minimum atomic E-state index is -0.446. The first kappa shape index (κ1) is 25.4. The number of amides is 1. The Bertz CT molecular complexity index is 1330. The molecule has 1 aliphatic heterocycles. The number of hydrogen-bond acceptors (Lipinski definition) is 7. The topological polar surface area (TPSA) is 124 Å². The highest BCUT2D eigenvalue weighted by Gasteiger charge is 2.33. The van der Waals surface area contributed by atoms with E-state index in [1.165, 1.54) is 24.4 Å². The van der Waals surface area contributed by atoms with Crippen LogP contribution in [0.5, 0.6) is 0 Å². The molecule has 11 heteroatoms. The standard InChI is InChI=1S/C25H25ClFN5O4/c1-36-14-19-12-31-10-17(20-8-23(29-9-21(20)26)30-24(34)4-5-28)7-22(31)25(35)32(19)11-16-6-18(27)3-2-15(16)13-33/h2-10,19,28,33-34H,11-14H2,1H3,(H,29,30)/b24-4-,28-5?/t19-/m1/s1. The maximum atomic E-state index is 13.9. The number of anilines is 1. The fourth-order valence-corrected chi connectivity index (χ4v) is 4.43. The van der Waals surface area contributed by atoms with Gasteiger partial charge in [0.05, 0.1) is 24.3 Å². The highest BCUT2D eigenvalue weighted by Crippen LogP contribution is 2.33.